The molecule has 0 radical (unpaired) electrons. The maximum atomic E-state index is 13.9. The molecule has 3 N–H and O–H groups in total. The summed E-state index contributed by atoms with van der Waals surface area (Å²) in [7, 11) is 4.98. The first kappa shape index (κ1) is 40.6. The molecule has 300 valence electrons. The van der Waals surface area contributed by atoms with Crippen LogP contribution < -0.4 is 5.32 Å². The highest BCUT2D eigenvalue weighted by atomic mass is 17.2. The van der Waals surface area contributed by atoms with Crippen molar-refractivity contribution < 1.29 is 19.4 Å². The van der Waals surface area contributed by atoms with Crippen molar-refractivity contribution in [3.8, 4) is 33.6 Å². The van der Waals surface area contributed by atoms with Crippen LogP contribution in [0.2, 0.25) is 0 Å². The van der Waals surface area contributed by atoms with E-state index in [1.165, 1.54) is 13.5 Å². The van der Waals surface area contributed by atoms with E-state index in [1.54, 1.807) is 19.0 Å². The van der Waals surface area contributed by atoms with Gasteiger partial charge in [0.2, 0.25) is 18.2 Å². The van der Waals surface area contributed by atoms with Crippen molar-refractivity contribution >= 4 is 24.2 Å². The summed E-state index contributed by atoms with van der Waals surface area (Å²) in [5.41, 5.74) is 5.92. The lowest BCUT2D eigenvalue weighted by Gasteiger charge is -2.31. The molecule has 2 aromatic carbocycles. The molecular formula is C42H53N11O4. The van der Waals surface area contributed by atoms with Gasteiger partial charge in [0.15, 0.2) is 0 Å². The number of hydrogen-bond acceptors (Lipinski definition) is 8. The smallest absolute Gasteiger partial charge is 0.280 e. The number of carbonyl (C=O) groups excluding carboxylic acids is 2. The second kappa shape index (κ2) is 18.3. The highest BCUT2D eigenvalue weighted by Gasteiger charge is 2.38. The predicted molar refractivity (Wildman–Crippen MR) is 219 cm³/mol. The van der Waals surface area contributed by atoms with Gasteiger partial charge in [-0.25, -0.2) is 15.0 Å². The van der Waals surface area contributed by atoms with Crippen molar-refractivity contribution in [1.82, 2.24) is 40.0 Å². The fraction of sp³-hybridized carbons (Fsp3) is 0.452. The van der Waals surface area contributed by atoms with E-state index >= 15 is 0 Å². The largest absolute Gasteiger partial charge is 0.343 e. The molecule has 15 nitrogen and oxygen atoms in total. The standard InChI is InChI=1S/C42H53N11O4/c1-26(2)36(46-25-57-56-8)40(54)52-21-9-11-34(52)38-44-23-32(47-38)30-17-13-28(14-18-30)29-15-19-31(20-16-29)33-24-45-39(48-33)35-12-10-22-53(35)41(55)37(27(3)4)49-42(50-43-5)51(6)7/h13-20,23-27,34-37H,9-12,21-22H2,1-4,6-8H3,(H,44,47)(H,45,48)(H,49,50)/b46-25-/t34-,35-,36-,37-/m0/s1. The number of aliphatic imine (C=N–C) groups is 1. The van der Waals surface area contributed by atoms with Crippen molar-refractivity contribution in [2.75, 3.05) is 34.3 Å². The van der Waals surface area contributed by atoms with Crippen LogP contribution >= 0.6 is 0 Å². The highest BCUT2D eigenvalue weighted by Crippen LogP contribution is 2.35. The molecule has 2 fully saturated rings. The molecule has 2 aliphatic rings. The second-order valence-corrected chi connectivity index (χ2v) is 15.4. The SMILES string of the molecule is [C-]#[N+]N=C(N[C@H](C(=O)N1CCC[C@H]1c1ncc(-c2ccc(-c3ccc(-c4cnc([C@@H]5CCCN5C(=O)[C@@H](/N=C\OOC)C(C)C)[nH]4)cc3)cc2)[nH]1)C(C)C)N(C)C. The first-order chi connectivity index (χ1) is 27.5. The van der Waals surface area contributed by atoms with E-state index < -0.39 is 12.1 Å². The fourth-order valence-electron chi connectivity index (χ4n) is 7.57. The molecule has 4 aromatic rings. The summed E-state index contributed by atoms with van der Waals surface area (Å²) in [6.07, 6.45) is 8.25. The summed E-state index contributed by atoms with van der Waals surface area (Å²) in [4.78, 5) is 66.2. The van der Waals surface area contributed by atoms with Crippen molar-refractivity contribution in [1.29, 1.82) is 0 Å². The zero-order chi connectivity index (χ0) is 40.6. The highest BCUT2D eigenvalue weighted by molar-refractivity contribution is 5.89. The van der Waals surface area contributed by atoms with Gasteiger partial charge in [-0.05, 0) is 59.8 Å². The van der Waals surface area contributed by atoms with Gasteiger partial charge in [-0.1, -0.05) is 76.2 Å². The Labute approximate surface area is 334 Å². The zero-order valence-electron chi connectivity index (χ0n) is 33.8. The summed E-state index contributed by atoms with van der Waals surface area (Å²) in [6, 6.07) is 15.3. The number of carbonyl (C=O) groups is 2. The molecular weight excluding hydrogens is 723 g/mol. The van der Waals surface area contributed by atoms with E-state index in [4.69, 9.17) is 21.4 Å². The van der Waals surface area contributed by atoms with Crippen LogP contribution in [0.3, 0.4) is 0 Å². The Balaban J connectivity index is 1.11. The summed E-state index contributed by atoms with van der Waals surface area (Å²) < 4.78 is 0. The van der Waals surface area contributed by atoms with E-state index in [0.717, 1.165) is 71.0 Å². The molecule has 2 aliphatic heterocycles. The van der Waals surface area contributed by atoms with Crippen LogP contribution in [-0.2, 0) is 19.4 Å². The van der Waals surface area contributed by atoms with Gasteiger partial charge in [0.25, 0.3) is 5.96 Å². The Morgan fingerprint density at radius 1 is 0.842 bits per heavy atom. The number of amides is 2. The lowest BCUT2D eigenvalue weighted by molar-refractivity contribution is -0.188. The van der Waals surface area contributed by atoms with Gasteiger partial charge in [0, 0.05) is 27.2 Å². The van der Waals surface area contributed by atoms with Crippen molar-refractivity contribution in [3.63, 3.8) is 0 Å². The number of likely N-dealkylation sites (tertiary alicyclic amines) is 2. The topological polar surface area (TPSA) is 161 Å². The summed E-state index contributed by atoms with van der Waals surface area (Å²) >= 11 is 0. The maximum absolute atomic E-state index is 13.9. The van der Waals surface area contributed by atoms with Crippen molar-refractivity contribution in [3.05, 3.63) is 84.1 Å². The summed E-state index contributed by atoms with van der Waals surface area (Å²) in [6.45, 7) is 16.4. The number of rotatable bonds is 13. The number of imidazole rings is 2. The second-order valence-electron chi connectivity index (χ2n) is 15.4. The normalized spacial score (nSPS) is 18.4. The number of H-pyrrole nitrogens is 2. The monoisotopic (exact) mass is 775 g/mol. The number of benzene rings is 2. The molecule has 0 aliphatic carbocycles. The Kier molecular flexibility index (Phi) is 13.0. The molecule has 2 amide bonds. The Morgan fingerprint density at radius 2 is 1.33 bits per heavy atom. The molecule has 6 rings (SSSR count). The number of aromatic amines is 2. The minimum Gasteiger partial charge on any atom is -0.343 e. The molecule has 2 aromatic heterocycles. The molecule has 0 saturated carbocycles. The number of aromatic nitrogens is 4. The number of guanidine groups is 1. The van der Waals surface area contributed by atoms with Gasteiger partial charge in [0.05, 0.1) is 43.0 Å². The van der Waals surface area contributed by atoms with Gasteiger partial charge in [-0.3, -0.25) is 9.59 Å². The van der Waals surface area contributed by atoms with Crippen LogP contribution in [0, 0.1) is 18.4 Å². The van der Waals surface area contributed by atoms with Gasteiger partial charge in [0.1, 0.15) is 28.8 Å². The minimum atomic E-state index is -0.573. The van der Waals surface area contributed by atoms with Crippen molar-refractivity contribution in [2.24, 2.45) is 21.9 Å². The lowest BCUT2D eigenvalue weighted by Crippen LogP contribution is -2.53. The average Bonchev–Trinajstić information content (AvgIpc) is 4.04. The predicted octanol–water partition coefficient (Wildman–Crippen LogP) is 6.46. The van der Waals surface area contributed by atoms with Gasteiger partial charge in [-0.15, -0.1) is 4.95 Å². The maximum Gasteiger partial charge on any atom is 0.280 e. The van der Waals surface area contributed by atoms with E-state index in [1.807, 2.05) is 49.9 Å². The zero-order valence-corrected chi connectivity index (χ0v) is 33.8. The molecule has 15 heteroatoms. The van der Waals surface area contributed by atoms with Crippen LogP contribution in [0.15, 0.2) is 71.0 Å². The van der Waals surface area contributed by atoms with E-state index in [2.05, 4.69) is 83.8 Å². The Morgan fingerprint density at radius 3 is 1.77 bits per heavy atom. The third-order valence-corrected chi connectivity index (χ3v) is 10.6. The van der Waals surface area contributed by atoms with Gasteiger partial charge < -0.3 is 34.9 Å². The number of hydrogen-bond donors (Lipinski definition) is 3. The van der Waals surface area contributed by atoms with Crippen LogP contribution in [-0.4, -0.2) is 105 Å². The van der Waals surface area contributed by atoms with Crippen LogP contribution in [0.25, 0.3) is 38.6 Å². The van der Waals surface area contributed by atoms with Crippen molar-refractivity contribution in [2.45, 2.75) is 77.5 Å². The van der Waals surface area contributed by atoms with Crippen LogP contribution in [0.1, 0.15) is 77.1 Å². The molecule has 0 spiro atoms. The average molecular weight is 776 g/mol. The molecule has 4 atom stereocenters. The quantitative estimate of drug-likeness (QED) is 0.0459. The summed E-state index contributed by atoms with van der Waals surface area (Å²) in [5.74, 6) is 1.78. The van der Waals surface area contributed by atoms with Crippen LogP contribution in [0.5, 0.6) is 0 Å². The molecule has 0 bridgehead atoms. The lowest BCUT2D eigenvalue weighted by atomic mass is 10.0. The van der Waals surface area contributed by atoms with E-state index in [0.29, 0.717) is 19.0 Å². The molecule has 57 heavy (non-hydrogen) atoms. The third-order valence-electron chi connectivity index (χ3n) is 10.6. The molecule has 4 heterocycles. The number of nitrogens with zero attached hydrogens (tertiary/aromatic N) is 8. The number of nitrogens with one attached hydrogen (secondary N) is 3. The van der Waals surface area contributed by atoms with Crippen LogP contribution in [0.4, 0.5) is 0 Å². The first-order valence-corrected chi connectivity index (χ1v) is 19.5. The fourth-order valence-corrected chi connectivity index (χ4v) is 7.57. The molecule has 0 unspecified atom stereocenters. The Bertz CT molecular complexity index is 2080. The summed E-state index contributed by atoms with van der Waals surface area (Å²) in [5, 5.41) is 7.06. The van der Waals surface area contributed by atoms with Gasteiger partial charge >= 0.3 is 0 Å². The molecule has 2 saturated heterocycles. The van der Waals surface area contributed by atoms with E-state index in [9.17, 15) is 9.59 Å². The third kappa shape index (κ3) is 9.18. The van der Waals surface area contributed by atoms with Gasteiger partial charge in [-0.2, -0.15) is 11.5 Å². The first-order valence-electron chi connectivity index (χ1n) is 19.5. The van der Waals surface area contributed by atoms with E-state index in [-0.39, 0.29) is 35.7 Å². The minimum absolute atomic E-state index is 0.00887. The Hall–Kier alpha value is -6.01.